The van der Waals surface area contributed by atoms with Gasteiger partial charge in [0.15, 0.2) is 9.84 Å². The normalized spacial score (nSPS) is 11.3. The van der Waals surface area contributed by atoms with Crippen LogP contribution in [0.15, 0.2) is 0 Å². The summed E-state index contributed by atoms with van der Waals surface area (Å²) >= 11 is 0. The first-order valence-electron chi connectivity index (χ1n) is 4.69. The Morgan fingerprint density at radius 1 is 1.29 bits per heavy atom. The summed E-state index contributed by atoms with van der Waals surface area (Å²) in [5.74, 6) is 0.125. The van der Waals surface area contributed by atoms with Crippen LogP contribution in [0.1, 0.15) is 13.8 Å². The summed E-state index contributed by atoms with van der Waals surface area (Å²) in [6.07, 6.45) is 0. The summed E-state index contributed by atoms with van der Waals surface area (Å²) in [7, 11) is -2.92. The molecule has 0 heterocycles. The number of nitrogens with one attached hydrogen (secondary N) is 2. The Hall–Kier alpha value is -0.620. The van der Waals surface area contributed by atoms with E-state index < -0.39 is 9.84 Å². The minimum Gasteiger partial charge on any atom is -0.355 e. The van der Waals surface area contributed by atoms with Crippen LogP contribution in [0.5, 0.6) is 0 Å². The molecule has 0 bridgehead atoms. The lowest BCUT2D eigenvalue weighted by molar-refractivity contribution is -0.120. The predicted molar refractivity (Wildman–Crippen MR) is 55.9 cm³/mol. The van der Waals surface area contributed by atoms with Crippen molar-refractivity contribution < 1.29 is 13.2 Å². The third-order valence-electron chi connectivity index (χ3n) is 1.69. The lowest BCUT2D eigenvalue weighted by Gasteiger charge is -2.04. The zero-order valence-corrected chi connectivity index (χ0v) is 9.49. The van der Waals surface area contributed by atoms with Gasteiger partial charge in [0.25, 0.3) is 0 Å². The van der Waals surface area contributed by atoms with E-state index in [1.807, 2.05) is 6.92 Å². The Bertz CT molecular complexity index is 262. The lowest BCUT2D eigenvalue weighted by Crippen LogP contribution is -2.35. The van der Waals surface area contributed by atoms with Gasteiger partial charge in [-0.25, -0.2) is 8.42 Å². The highest BCUT2D eigenvalue weighted by Crippen LogP contribution is 1.86. The molecule has 0 radical (unpaired) electrons. The molecule has 0 aromatic rings. The molecule has 0 aromatic heterocycles. The summed E-state index contributed by atoms with van der Waals surface area (Å²) in [4.78, 5) is 10.9. The first-order chi connectivity index (χ1) is 6.52. The Labute approximate surface area is 85.2 Å². The minimum absolute atomic E-state index is 0.0862. The van der Waals surface area contributed by atoms with Crippen LogP contribution in [0.25, 0.3) is 0 Å². The van der Waals surface area contributed by atoms with Gasteiger partial charge >= 0.3 is 0 Å². The standard InChI is InChI=1S/C8H18N2O3S/c1-3-10-8(11)7-9-5-6-14(12,13)4-2/h9H,3-7H2,1-2H3,(H,10,11). The fourth-order valence-electron chi connectivity index (χ4n) is 0.834. The van der Waals surface area contributed by atoms with E-state index >= 15 is 0 Å². The van der Waals surface area contributed by atoms with E-state index in [0.717, 1.165) is 0 Å². The quantitative estimate of drug-likeness (QED) is 0.550. The number of carbonyl (C=O) groups is 1. The van der Waals surface area contributed by atoms with Crippen molar-refractivity contribution >= 4 is 15.7 Å². The molecule has 0 fully saturated rings. The van der Waals surface area contributed by atoms with Gasteiger partial charge in [-0.1, -0.05) is 6.92 Å². The van der Waals surface area contributed by atoms with Crippen LogP contribution in [0, 0.1) is 0 Å². The maximum atomic E-state index is 11.0. The molecule has 0 saturated carbocycles. The Balaban J connectivity index is 3.52. The highest BCUT2D eigenvalue weighted by Gasteiger charge is 2.06. The van der Waals surface area contributed by atoms with E-state index in [0.29, 0.717) is 13.1 Å². The molecule has 2 N–H and O–H groups in total. The van der Waals surface area contributed by atoms with Crippen molar-refractivity contribution in [3.63, 3.8) is 0 Å². The SMILES string of the molecule is CCNC(=O)CNCCS(=O)(=O)CC. The molecule has 1 amide bonds. The number of hydrogen-bond acceptors (Lipinski definition) is 4. The molecular weight excluding hydrogens is 204 g/mol. The van der Waals surface area contributed by atoms with Gasteiger partial charge in [-0.05, 0) is 6.92 Å². The van der Waals surface area contributed by atoms with Gasteiger partial charge in [0, 0.05) is 18.8 Å². The topological polar surface area (TPSA) is 75.3 Å². The third-order valence-corrected chi connectivity index (χ3v) is 3.39. The summed E-state index contributed by atoms with van der Waals surface area (Å²) < 4.78 is 22.1. The Morgan fingerprint density at radius 3 is 2.43 bits per heavy atom. The average molecular weight is 222 g/mol. The highest BCUT2D eigenvalue weighted by molar-refractivity contribution is 7.91. The van der Waals surface area contributed by atoms with Crippen LogP contribution in [0.2, 0.25) is 0 Å². The molecule has 84 valence electrons. The van der Waals surface area contributed by atoms with Gasteiger partial charge in [0.05, 0.1) is 12.3 Å². The molecule has 0 unspecified atom stereocenters. The van der Waals surface area contributed by atoms with Gasteiger partial charge in [-0.15, -0.1) is 0 Å². The molecule has 5 nitrogen and oxygen atoms in total. The maximum absolute atomic E-state index is 11.0. The lowest BCUT2D eigenvalue weighted by atomic mass is 10.5. The van der Waals surface area contributed by atoms with E-state index in [1.54, 1.807) is 6.92 Å². The summed E-state index contributed by atoms with van der Waals surface area (Å²) in [6, 6.07) is 0. The summed E-state index contributed by atoms with van der Waals surface area (Å²) in [6.45, 7) is 4.53. The Kier molecular flexibility index (Phi) is 6.48. The van der Waals surface area contributed by atoms with E-state index in [9.17, 15) is 13.2 Å². The van der Waals surface area contributed by atoms with Crippen molar-refractivity contribution in [1.29, 1.82) is 0 Å². The molecule has 14 heavy (non-hydrogen) atoms. The number of hydrogen-bond donors (Lipinski definition) is 2. The number of rotatable bonds is 7. The van der Waals surface area contributed by atoms with Crippen molar-refractivity contribution in [2.75, 3.05) is 31.1 Å². The number of sulfone groups is 1. The minimum atomic E-state index is -2.92. The number of carbonyl (C=O) groups excluding carboxylic acids is 1. The zero-order valence-electron chi connectivity index (χ0n) is 8.67. The fraction of sp³-hybridized carbons (Fsp3) is 0.875. The molecule has 0 rings (SSSR count). The molecule has 0 aliphatic heterocycles. The van der Waals surface area contributed by atoms with E-state index in [2.05, 4.69) is 10.6 Å². The summed E-state index contributed by atoms with van der Waals surface area (Å²) in [5.41, 5.74) is 0. The molecular formula is C8H18N2O3S. The zero-order chi connectivity index (χ0) is 11.0. The smallest absolute Gasteiger partial charge is 0.233 e. The van der Waals surface area contributed by atoms with Crippen LogP contribution < -0.4 is 10.6 Å². The van der Waals surface area contributed by atoms with Gasteiger partial charge in [0.1, 0.15) is 0 Å². The Morgan fingerprint density at radius 2 is 1.93 bits per heavy atom. The third kappa shape index (κ3) is 6.85. The monoisotopic (exact) mass is 222 g/mol. The van der Waals surface area contributed by atoms with Crippen LogP contribution >= 0.6 is 0 Å². The average Bonchev–Trinajstić information content (AvgIpc) is 2.13. The molecule has 0 aliphatic carbocycles. The van der Waals surface area contributed by atoms with Crippen molar-refractivity contribution in [3.05, 3.63) is 0 Å². The van der Waals surface area contributed by atoms with Crippen molar-refractivity contribution in [2.45, 2.75) is 13.8 Å². The first kappa shape index (κ1) is 13.4. The first-order valence-corrected chi connectivity index (χ1v) is 6.51. The van der Waals surface area contributed by atoms with E-state index in [4.69, 9.17) is 0 Å². The number of likely N-dealkylation sites (N-methyl/N-ethyl adjacent to an activating group) is 1. The second-order valence-corrected chi connectivity index (χ2v) is 5.34. The number of amides is 1. The fourth-order valence-corrected chi connectivity index (χ4v) is 1.58. The molecule has 6 heteroatoms. The maximum Gasteiger partial charge on any atom is 0.233 e. The van der Waals surface area contributed by atoms with Gasteiger partial charge in [0.2, 0.25) is 5.91 Å². The van der Waals surface area contributed by atoms with Crippen molar-refractivity contribution in [1.82, 2.24) is 10.6 Å². The van der Waals surface area contributed by atoms with E-state index in [1.165, 1.54) is 0 Å². The predicted octanol–water partition coefficient (Wildman–Crippen LogP) is -0.853. The summed E-state index contributed by atoms with van der Waals surface area (Å²) in [5, 5.41) is 5.38. The molecule has 0 aliphatic rings. The highest BCUT2D eigenvalue weighted by atomic mass is 32.2. The van der Waals surface area contributed by atoms with Crippen molar-refractivity contribution in [2.24, 2.45) is 0 Å². The largest absolute Gasteiger partial charge is 0.355 e. The second kappa shape index (κ2) is 6.78. The van der Waals surface area contributed by atoms with Gasteiger partial charge < -0.3 is 10.6 Å². The van der Waals surface area contributed by atoms with Crippen LogP contribution in [-0.4, -0.2) is 45.5 Å². The van der Waals surface area contributed by atoms with Crippen molar-refractivity contribution in [3.8, 4) is 0 Å². The van der Waals surface area contributed by atoms with E-state index in [-0.39, 0.29) is 24.0 Å². The van der Waals surface area contributed by atoms with Gasteiger partial charge in [-0.2, -0.15) is 0 Å². The molecule has 0 atom stereocenters. The molecule has 0 saturated heterocycles. The van der Waals surface area contributed by atoms with Crippen LogP contribution in [0.4, 0.5) is 0 Å². The van der Waals surface area contributed by atoms with Crippen LogP contribution in [0.3, 0.4) is 0 Å². The van der Waals surface area contributed by atoms with Crippen LogP contribution in [-0.2, 0) is 14.6 Å². The molecule has 0 spiro atoms. The molecule has 0 aromatic carbocycles. The van der Waals surface area contributed by atoms with Gasteiger partial charge in [-0.3, -0.25) is 4.79 Å². The second-order valence-electron chi connectivity index (χ2n) is 2.87.